The third-order valence-electron chi connectivity index (χ3n) is 3.48. The molecule has 1 aromatic carbocycles. The fraction of sp³-hybridized carbons (Fsp3) is 0.294. The topological polar surface area (TPSA) is 71.5 Å². The quantitative estimate of drug-likeness (QED) is 0.280. The van der Waals surface area contributed by atoms with Gasteiger partial charge < -0.3 is 10.9 Å². The van der Waals surface area contributed by atoms with Crippen LogP contribution in [0.25, 0.3) is 11.3 Å². The maximum atomic E-state index is 8.64. The van der Waals surface area contributed by atoms with Crippen molar-refractivity contribution in [3.63, 3.8) is 0 Å². The molecule has 0 atom stereocenters. The fourth-order valence-corrected chi connectivity index (χ4v) is 2.19. The van der Waals surface area contributed by atoms with Crippen LogP contribution in [0, 0.1) is 0 Å². The van der Waals surface area contributed by atoms with E-state index < -0.39 is 0 Å². The maximum Gasteiger partial charge on any atom is 0.170 e. The van der Waals surface area contributed by atoms with E-state index in [0.717, 1.165) is 17.7 Å². The van der Waals surface area contributed by atoms with Crippen LogP contribution in [-0.2, 0) is 6.42 Å². The zero-order valence-corrected chi connectivity index (χ0v) is 12.3. The molecule has 0 radical (unpaired) electrons. The number of aryl methyl sites for hydroxylation is 1. The number of rotatable bonds is 6. The largest absolute Gasteiger partial charge is 0.409 e. The lowest BCUT2D eigenvalue weighted by Gasteiger charge is -2.05. The molecule has 4 nitrogen and oxygen atoms in total. The first-order valence-electron chi connectivity index (χ1n) is 7.28. The van der Waals surface area contributed by atoms with Crippen LogP contribution in [0.15, 0.2) is 47.8 Å². The molecule has 3 N–H and O–H groups in total. The summed E-state index contributed by atoms with van der Waals surface area (Å²) in [4.78, 5) is 4.51. The molecule has 0 aliphatic rings. The average Bonchev–Trinajstić information content (AvgIpc) is 2.55. The molecule has 0 bridgehead atoms. The van der Waals surface area contributed by atoms with Gasteiger partial charge in [0.1, 0.15) is 0 Å². The van der Waals surface area contributed by atoms with Gasteiger partial charge in [0.25, 0.3) is 0 Å². The van der Waals surface area contributed by atoms with E-state index in [4.69, 9.17) is 10.9 Å². The molecule has 0 aliphatic carbocycles. The van der Waals surface area contributed by atoms with E-state index in [0.29, 0.717) is 5.56 Å². The highest BCUT2D eigenvalue weighted by Gasteiger charge is 2.02. The summed E-state index contributed by atoms with van der Waals surface area (Å²) in [6, 6.07) is 11.7. The van der Waals surface area contributed by atoms with Gasteiger partial charge in [-0.15, -0.1) is 0 Å². The van der Waals surface area contributed by atoms with Crippen LogP contribution in [0.3, 0.4) is 0 Å². The second-order valence-electron chi connectivity index (χ2n) is 5.07. The normalized spacial score (nSPS) is 11.6. The Morgan fingerprint density at radius 1 is 1.14 bits per heavy atom. The van der Waals surface area contributed by atoms with Gasteiger partial charge in [0.15, 0.2) is 5.84 Å². The minimum Gasteiger partial charge on any atom is -0.409 e. The standard InChI is InChI=1S/C17H21N3O/c1-2-3-4-5-13-6-11-16(19-12-13)14-7-9-15(10-8-14)17(18)20-21/h6-12,21H,2-5H2,1H3,(H2,18,20). The van der Waals surface area contributed by atoms with Gasteiger partial charge in [-0.2, -0.15) is 0 Å². The maximum absolute atomic E-state index is 8.64. The lowest BCUT2D eigenvalue weighted by molar-refractivity contribution is 0.318. The molecular weight excluding hydrogens is 262 g/mol. The Kier molecular flexibility index (Phi) is 5.32. The third-order valence-corrected chi connectivity index (χ3v) is 3.48. The summed E-state index contributed by atoms with van der Waals surface area (Å²) in [5.74, 6) is 0.112. The number of amidine groups is 1. The van der Waals surface area contributed by atoms with E-state index in [1.54, 1.807) is 0 Å². The molecule has 1 aromatic heterocycles. The van der Waals surface area contributed by atoms with Crippen molar-refractivity contribution in [2.75, 3.05) is 0 Å². The van der Waals surface area contributed by atoms with Crippen LogP contribution in [-0.4, -0.2) is 16.0 Å². The summed E-state index contributed by atoms with van der Waals surface area (Å²) < 4.78 is 0. The van der Waals surface area contributed by atoms with Gasteiger partial charge in [0, 0.05) is 17.3 Å². The van der Waals surface area contributed by atoms with Crippen molar-refractivity contribution in [3.8, 4) is 11.3 Å². The number of nitrogens with two attached hydrogens (primary N) is 1. The zero-order valence-electron chi connectivity index (χ0n) is 12.3. The number of unbranched alkanes of at least 4 members (excludes halogenated alkanes) is 2. The molecule has 21 heavy (non-hydrogen) atoms. The number of pyridine rings is 1. The Morgan fingerprint density at radius 2 is 1.90 bits per heavy atom. The highest BCUT2D eigenvalue weighted by atomic mass is 16.4. The predicted octanol–water partition coefficient (Wildman–Crippen LogP) is 3.58. The molecule has 0 unspecified atom stereocenters. The molecule has 4 heteroatoms. The van der Waals surface area contributed by atoms with Gasteiger partial charge in [-0.25, -0.2) is 0 Å². The zero-order chi connectivity index (χ0) is 15.1. The molecule has 0 aliphatic heterocycles. The molecule has 110 valence electrons. The predicted molar refractivity (Wildman–Crippen MR) is 85.4 cm³/mol. The van der Waals surface area contributed by atoms with Crippen molar-refractivity contribution >= 4 is 5.84 Å². The Labute approximate surface area is 125 Å². The number of hydrogen-bond acceptors (Lipinski definition) is 3. The van der Waals surface area contributed by atoms with Crippen molar-refractivity contribution in [1.29, 1.82) is 0 Å². The fourth-order valence-electron chi connectivity index (χ4n) is 2.19. The molecular formula is C17H21N3O. The highest BCUT2D eigenvalue weighted by molar-refractivity contribution is 5.97. The molecule has 0 saturated heterocycles. The smallest absolute Gasteiger partial charge is 0.170 e. The summed E-state index contributed by atoms with van der Waals surface area (Å²) in [6.45, 7) is 2.21. The second kappa shape index (κ2) is 7.43. The molecule has 0 saturated carbocycles. The molecule has 0 spiro atoms. The third kappa shape index (κ3) is 4.05. The van der Waals surface area contributed by atoms with Gasteiger partial charge in [0.2, 0.25) is 0 Å². The van der Waals surface area contributed by atoms with Gasteiger partial charge >= 0.3 is 0 Å². The molecule has 2 rings (SSSR count). The molecule has 2 aromatic rings. The van der Waals surface area contributed by atoms with Gasteiger partial charge in [-0.3, -0.25) is 4.98 Å². The minimum absolute atomic E-state index is 0.112. The minimum atomic E-state index is 0.112. The van der Waals surface area contributed by atoms with Crippen LogP contribution in [0.4, 0.5) is 0 Å². The Morgan fingerprint density at radius 3 is 2.48 bits per heavy atom. The number of benzene rings is 1. The van der Waals surface area contributed by atoms with Crippen molar-refractivity contribution in [3.05, 3.63) is 53.7 Å². The van der Waals surface area contributed by atoms with E-state index in [1.165, 1.54) is 24.8 Å². The lowest BCUT2D eigenvalue weighted by atomic mass is 10.1. The van der Waals surface area contributed by atoms with Crippen LogP contribution >= 0.6 is 0 Å². The second-order valence-corrected chi connectivity index (χ2v) is 5.07. The van der Waals surface area contributed by atoms with Crippen molar-refractivity contribution < 1.29 is 5.21 Å². The first kappa shape index (κ1) is 15.0. The average molecular weight is 283 g/mol. The summed E-state index contributed by atoms with van der Waals surface area (Å²) in [5.41, 5.74) is 9.46. The van der Waals surface area contributed by atoms with Crippen LogP contribution in [0.1, 0.15) is 37.3 Å². The first-order valence-corrected chi connectivity index (χ1v) is 7.28. The monoisotopic (exact) mass is 283 g/mol. The van der Waals surface area contributed by atoms with E-state index in [-0.39, 0.29) is 5.84 Å². The first-order chi connectivity index (χ1) is 10.2. The van der Waals surface area contributed by atoms with Crippen LogP contribution in [0.2, 0.25) is 0 Å². The molecule has 0 fully saturated rings. The van der Waals surface area contributed by atoms with Gasteiger partial charge in [0.05, 0.1) is 5.69 Å². The van der Waals surface area contributed by atoms with Crippen LogP contribution < -0.4 is 5.73 Å². The van der Waals surface area contributed by atoms with Gasteiger partial charge in [-0.05, 0) is 24.5 Å². The summed E-state index contributed by atoms with van der Waals surface area (Å²) >= 11 is 0. The van der Waals surface area contributed by atoms with E-state index in [1.807, 2.05) is 36.5 Å². The van der Waals surface area contributed by atoms with E-state index in [2.05, 4.69) is 23.1 Å². The van der Waals surface area contributed by atoms with Crippen molar-refractivity contribution in [2.24, 2.45) is 10.9 Å². The SMILES string of the molecule is CCCCCc1ccc(-c2ccc(C(N)=NO)cc2)nc1. The lowest BCUT2D eigenvalue weighted by Crippen LogP contribution is -2.12. The highest BCUT2D eigenvalue weighted by Crippen LogP contribution is 2.18. The number of nitrogens with zero attached hydrogens (tertiary/aromatic N) is 2. The number of oxime groups is 1. The summed E-state index contributed by atoms with van der Waals surface area (Å²) in [6.07, 6.45) is 6.74. The van der Waals surface area contributed by atoms with Gasteiger partial charge in [-0.1, -0.05) is 55.3 Å². The Hall–Kier alpha value is -2.36. The van der Waals surface area contributed by atoms with Crippen molar-refractivity contribution in [2.45, 2.75) is 32.6 Å². The summed E-state index contributed by atoms with van der Waals surface area (Å²) in [5, 5.41) is 11.6. The molecule has 1 heterocycles. The Bertz CT molecular complexity index is 588. The number of hydrogen-bond donors (Lipinski definition) is 2. The van der Waals surface area contributed by atoms with E-state index >= 15 is 0 Å². The Balaban J connectivity index is 2.08. The number of aromatic nitrogens is 1. The van der Waals surface area contributed by atoms with Crippen molar-refractivity contribution in [1.82, 2.24) is 4.98 Å². The molecule has 0 amide bonds. The van der Waals surface area contributed by atoms with E-state index in [9.17, 15) is 0 Å². The van der Waals surface area contributed by atoms with Crippen LogP contribution in [0.5, 0.6) is 0 Å². The summed E-state index contributed by atoms with van der Waals surface area (Å²) in [7, 11) is 0.